The molecule has 0 amide bonds. The third-order valence-electron chi connectivity index (χ3n) is 3.86. The molecule has 0 unspecified atom stereocenters. The summed E-state index contributed by atoms with van der Waals surface area (Å²) < 4.78 is 5.25. The summed E-state index contributed by atoms with van der Waals surface area (Å²) in [6.45, 7) is 0. The van der Waals surface area contributed by atoms with Crippen LogP contribution in [0.15, 0.2) is 10.7 Å². The average Bonchev–Trinajstić information content (AvgIpc) is 2.59. The Morgan fingerprint density at radius 1 is 1.38 bits per heavy atom. The molecule has 4 nitrogen and oxygen atoms in total. The number of hydrogen-bond acceptors (Lipinski definition) is 3. The van der Waals surface area contributed by atoms with Crippen molar-refractivity contribution in [1.29, 1.82) is 0 Å². The molecule has 3 rings (SSSR count). The van der Waals surface area contributed by atoms with Crippen LogP contribution in [-0.2, 0) is 6.42 Å². The molecule has 1 aromatic heterocycles. The van der Waals surface area contributed by atoms with Gasteiger partial charge in [0.2, 0.25) is 0 Å². The monoisotopic (exact) mass is 220 g/mol. The van der Waals surface area contributed by atoms with Gasteiger partial charge in [-0.25, -0.2) is 4.79 Å². The van der Waals surface area contributed by atoms with E-state index in [1.807, 2.05) is 0 Å². The van der Waals surface area contributed by atoms with E-state index in [2.05, 4.69) is 0 Å². The van der Waals surface area contributed by atoms with E-state index in [9.17, 15) is 9.59 Å². The Morgan fingerprint density at radius 2 is 2.12 bits per heavy atom. The van der Waals surface area contributed by atoms with Gasteiger partial charge in [-0.3, -0.25) is 4.79 Å². The molecule has 16 heavy (non-hydrogen) atoms. The Bertz CT molecular complexity index is 479. The lowest BCUT2D eigenvalue weighted by molar-refractivity contribution is 0.0650. The fourth-order valence-electron chi connectivity index (χ4n) is 2.85. The zero-order chi connectivity index (χ0) is 11.3. The summed E-state index contributed by atoms with van der Waals surface area (Å²) in [4.78, 5) is 22.9. The van der Waals surface area contributed by atoms with Gasteiger partial charge in [0.05, 0.1) is 5.56 Å². The molecule has 2 aliphatic rings. The number of carboxylic acids is 1. The first-order chi connectivity index (χ1) is 7.61. The van der Waals surface area contributed by atoms with Gasteiger partial charge in [-0.2, -0.15) is 0 Å². The van der Waals surface area contributed by atoms with Crippen LogP contribution >= 0.6 is 0 Å². The number of rotatable bonds is 1. The maximum atomic E-state index is 12.0. The van der Waals surface area contributed by atoms with Crippen molar-refractivity contribution in [2.24, 2.45) is 5.41 Å². The summed E-state index contributed by atoms with van der Waals surface area (Å²) in [6.07, 6.45) is 5.68. The third kappa shape index (κ3) is 1.16. The molecule has 84 valence electrons. The highest BCUT2D eigenvalue weighted by atomic mass is 16.4. The second-order valence-electron chi connectivity index (χ2n) is 4.88. The first-order valence-corrected chi connectivity index (χ1v) is 5.48. The van der Waals surface area contributed by atoms with Crippen molar-refractivity contribution in [2.45, 2.75) is 32.1 Å². The maximum absolute atomic E-state index is 12.0. The molecule has 1 fully saturated rings. The minimum absolute atomic E-state index is 0.0224. The minimum Gasteiger partial charge on any atom is -0.478 e. The van der Waals surface area contributed by atoms with Crippen molar-refractivity contribution < 1.29 is 19.1 Å². The van der Waals surface area contributed by atoms with Crippen LogP contribution in [0.5, 0.6) is 0 Å². The molecule has 0 atom stereocenters. The van der Waals surface area contributed by atoms with Crippen molar-refractivity contribution >= 4 is 11.8 Å². The fraction of sp³-hybridized carbons (Fsp3) is 0.500. The highest BCUT2D eigenvalue weighted by Gasteiger charge is 2.45. The quantitative estimate of drug-likeness (QED) is 0.788. The number of aromatic carboxylic acids is 1. The van der Waals surface area contributed by atoms with Crippen LogP contribution < -0.4 is 0 Å². The van der Waals surface area contributed by atoms with E-state index in [-0.39, 0.29) is 16.8 Å². The second kappa shape index (κ2) is 2.97. The standard InChI is InChI=1S/C12H12O4/c13-8-4-12(2-1-3-12)5-9-10(8)7(6-16-9)11(14)15/h6H,1-5H2,(H,14,15). The van der Waals surface area contributed by atoms with Crippen molar-refractivity contribution in [1.82, 2.24) is 0 Å². The van der Waals surface area contributed by atoms with Gasteiger partial charge in [0.1, 0.15) is 17.6 Å². The van der Waals surface area contributed by atoms with Crippen LogP contribution in [-0.4, -0.2) is 16.9 Å². The first-order valence-electron chi connectivity index (χ1n) is 5.48. The molecule has 0 radical (unpaired) electrons. The van der Waals surface area contributed by atoms with E-state index < -0.39 is 5.97 Å². The molecule has 0 aromatic carbocycles. The zero-order valence-corrected chi connectivity index (χ0v) is 8.78. The lowest BCUT2D eigenvalue weighted by Gasteiger charge is -2.43. The second-order valence-corrected chi connectivity index (χ2v) is 4.88. The van der Waals surface area contributed by atoms with Crippen LogP contribution in [0.4, 0.5) is 0 Å². The highest BCUT2D eigenvalue weighted by molar-refractivity contribution is 6.07. The van der Waals surface area contributed by atoms with E-state index >= 15 is 0 Å². The van der Waals surface area contributed by atoms with Gasteiger partial charge < -0.3 is 9.52 Å². The number of carbonyl (C=O) groups excluding carboxylic acids is 1. The van der Waals surface area contributed by atoms with Gasteiger partial charge in [0.15, 0.2) is 5.78 Å². The summed E-state index contributed by atoms with van der Waals surface area (Å²) in [6, 6.07) is 0. The molecule has 1 N–H and O–H groups in total. The van der Waals surface area contributed by atoms with E-state index in [0.29, 0.717) is 17.7 Å². The van der Waals surface area contributed by atoms with Crippen molar-refractivity contribution in [2.75, 3.05) is 0 Å². The topological polar surface area (TPSA) is 67.5 Å². The van der Waals surface area contributed by atoms with Gasteiger partial charge in [-0.15, -0.1) is 0 Å². The molecule has 1 aromatic rings. The summed E-state index contributed by atoms with van der Waals surface area (Å²) >= 11 is 0. The molecule has 1 spiro atoms. The smallest absolute Gasteiger partial charge is 0.339 e. The van der Waals surface area contributed by atoms with Crippen LogP contribution in [0.3, 0.4) is 0 Å². The maximum Gasteiger partial charge on any atom is 0.339 e. The highest BCUT2D eigenvalue weighted by Crippen LogP contribution is 2.50. The fourth-order valence-corrected chi connectivity index (χ4v) is 2.85. The van der Waals surface area contributed by atoms with Crippen molar-refractivity contribution in [3.8, 4) is 0 Å². The largest absolute Gasteiger partial charge is 0.478 e. The lowest BCUT2D eigenvalue weighted by atomic mass is 9.60. The number of ketones is 1. The molecule has 0 saturated heterocycles. The number of carboxylic acid groups (broad SMARTS) is 1. The average molecular weight is 220 g/mol. The predicted molar refractivity (Wildman–Crippen MR) is 54.6 cm³/mol. The first kappa shape index (κ1) is 9.63. The van der Waals surface area contributed by atoms with Crippen molar-refractivity contribution in [3.05, 3.63) is 23.2 Å². The number of fused-ring (bicyclic) bond motifs is 1. The number of carbonyl (C=O) groups is 2. The Labute approximate surface area is 92.3 Å². The summed E-state index contributed by atoms with van der Waals surface area (Å²) in [7, 11) is 0. The van der Waals surface area contributed by atoms with Gasteiger partial charge in [0, 0.05) is 12.8 Å². The van der Waals surface area contributed by atoms with Crippen LogP contribution in [0.2, 0.25) is 0 Å². The van der Waals surface area contributed by atoms with Gasteiger partial charge in [0.25, 0.3) is 0 Å². The third-order valence-corrected chi connectivity index (χ3v) is 3.86. The summed E-state index contributed by atoms with van der Waals surface area (Å²) in [5.41, 5.74) is 0.414. The number of furan rings is 1. The zero-order valence-electron chi connectivity index (χ0n) is 8.78. The molecule has 2 aliphatic carbocycles. The molecule has 1 saturated carbocycles. The summed E-state index contributed by atoms with van der Waals surface area (Å²) in [5.74, 6) is -0.566. The van der Waals surface area contributed by atoms with E-state index in [4.69, 9.17) is 9.52 Å². The molecular formula is C12H12O4. The Morgan fingerprint density at radius 3 is 2.69 bits per heavy atom. The normalized spacial score (nSPS) is 21.6. The number of hydrogen-bond donors (Lipinski definition) is 1. The van der Waals surface area contributed by atoms with E-state index in [1.165, 1.54) is 6.26 Å². The van der Waals surface area contributed by atoms with Crippen molar-refractivity contribution in [3.63, 3.8) is 0 Å². The molecular weight excluding hydrogens is 208 g/mol. The van der Waals surface area contributed by atoms with E-state index in [1.54, 1.807) is 0 Å². The predicted octanol–water partition coefficient (Wildman–Crippen LogP) is 2.28. The SMILES string of the molecule is O=C(O)c1coc2c1C(=O)CC1(CCC1)C2. The Kier molecular flexibility index (Phi) is 1.79. The van der Waals surface area contributed by atoms with Gasteiger partial charge in [-0.05, 0) is 18.3 Å². The minimum atomic E-state index is -1.08. The van der Waals surface area contributed by atoms with Crippen LogP contribution in [0.1, 0.15) is 52.2 Å². The van der Waals surface area contributed by atoms with Crippen LogP contribution in [0.25, 0.3) is 0 Å². The molecule has 0 aliphatic heterocycles. The molecule has 4 heteroatoms. The van der Waals surface area contributed by atoms with Crippen LogP contribution in [0, 0.1) is 5.41 Å². The molecule has 0 bridgehead atoms. The van der Waals surface area contributed by atoms with Gasteiger partial charge >= 0.3 is 5.97 Å². The molecule has 1 heterocycles. The summed E-state index contributed by atoms with van der Waals surface area (Å²) in [5, 5.41) is 8.94. The lowest BCUT2D eigenvalue weighted by Crippen LogP contribution is -2.38. The number of Topliss-reactive ketones (excluding diaryl/α,β-unsaturated/α-hetero) is 1. The Balaban J connectivity index is 2.05. The van der Waals surface area contributed by atoms with Gasteiger partial charge in [-0.1, -0.05) is 6.42 Å². The van der Waals surface area contributed by atoms with E-state index in [0.717, 1.165) is 25.7 Å². The Hall–Kier alpha value is -1.58.